The van der Waals surface area contributed by atoms with Crippen LogP contribution in [0.15, 0.2) is 30.6 Å². The summed E-state index contributed by atoms with van der Waals surface area (Å²) in [5.74, 6) is 1.22. The Labute approximate surface area is 100 Å². The fraction of sp³-hybridized carbons (Fsp3) is 0.231. The topological polar surface area (TPSA) is 61.0 Å². The molecule has 0 amide bonds. The summed E-state index contributed by atoms with van der Waals surface area (Å²) in [7, 11) is 0. The third-order valence-electron chi connectivity index (χ3n) is 2.62. The second-order valence-electron chi connectivity index (χ2n) is 3.86. The van der Waals surface area contributed by atoms with E-state index < -0.39 is 0 Å². The highest BCUT2D eigenvalue weighted by atomic mass is 16.5. The highest BCUT2D eigenvalue weighted by Crippen LogP contribution is 2.23. The van der Waals surface area contributed by atoms with Crippen molar-refractivity contribution in [1.82, 2.24) is 9.97 Å². The molecule has 0 aliphatic rings. The first-order valence-electron chi connectivity index (χ1n) is 5.46. The quantitative estimate of drug-likeness (QED) is 0.877. The van der Waals surface area contributed by atoms with Crippen molar-refractivity contribution in [1.29, 1.82) is 0 Å². The van der Waals surface area contributed by atoms with Crippen LogP contribution in [-0.4, -0.2) is 9.97 Å². The molecule has 1 aromatic heterocycles. The summed E-state index contributed by atoms with van der Waals surface area (Å²) in [5, 5.41) is 0. The molecule has 2 aromatic rings. The molecule has 0 aliphatic heterocycles. The van der Waals surface area contributed by atoms with Crippen LogP contribution in [0.5, 0.6) is 11.6 Å². The van der Waals surface area contributed by atoms with Gasteiger partial charge in [0.1, 0.15) is 11.4 Å². The summed E-state index contributed by atoms with van der Waals surface area (Å²) in [6.45, 7) is 4.42. The van der Waals surface area contributed by atoms with Gasteiger partial charge in [-0.25, -0.2) is 4.98 Å². The van der Waals surface area contributed by atoms with E-state index in [1.54, 1.807) is 12.4 Å². The molecule has 0 saturated heterocycles. The zero-order valence-electron chi connectivity index (χ0n) is 9.97. The molecule has 4 heteroatoms. The molecule has 0 bridgehead atoms. The van der Waals surface area contributed by atoms with Crippen LogP contribution < -0.4 is 10.5 Å². The van der Waals surface area contributed by atoms with Crippen molar-refractivity contribution in [3.05, 3.63) is 47.4 Å². The van der Waals surface area contributed by atoms with Crippen LogP contribution in [-0.2, 0) is 6.54 Å². The first kappa shape index (κ1) is 11.5. The summed E-state index contributed by atoms with van der Waals surface area (Å²) in [5.41, 5.74) is 8.65. The zero-order chi connectivity index (χ0) is 12.3. The number of hydrogen-bond acceptors (Lipinski definition) is 4. The van der Waals surface area contributed by atoms with Crippen molar-refractivity contribution < 1.29 is 4.74 Å². The number of rotatable bonds is 3. The van der Waals surface area contributed by atoms with Gasteiger partial charge < -0.3 is 10.5 Å². The van der Waals surface area contributed by atoms with Gasteiger partial charge in [-0.3, -0.25) is 4.98 Å². The average Bonchev–Trinajstić information content (AvgIpc) is 2.34. The van der Waals surface area contributed by atoms with Gasteiger partial charge in [-0.15, -0.1) is 0 Å². The first-order chi connectivity index (χ1) is 8.20. The standard InChI is InChI=1S/C13H15N3O/c1-9-3-4-11(7-10(9)2)17-13-12(8-14)15-5-6-16-13/h3-7H,8,14H2,1-2H3. The molecule has 4 nitrogen and oxygen atoms in total. The van der Waals surface area contributed by atoms with Crippen molar-refractivity contribution in [2.24, 2.45) is 5.73 Å². The van der Waals surface area contributed by atoms with Crippen LogP contribution in [0.3, 0.4) is 0 Å². The molecule has 0 saturated carbocycles. The minimum atomic E-state index is 0.314. The average molecular weight is 229 g/mol. The maximum atomic E-state index is 5.68. The Hall–Kier alpha value is -1.94. The SMILES string of the molecule is Cc1ccc(Oc2nccnc2CN)cc1C. The Morgan fingerprint density at radius 3 is 2.59 bits per heavy atom. The Bertz CT molecular complexity index is 526. The van der Waals surface area contributed by atoms with Gasteiger partial charge in [0.2, 0.25) is 5.88 Å². The highest BCUT2D eigenvalue weighted by molar-refractivity contribution is 5.36. The number of aromatic nitrogens is 2. The third-order valence-corrected chi connectivity index (χ3v) is 2.62. The lowest BCUT2D eigenvalue weighted by Gasteiger charge is -2.09. The molecule has 0 radical (unpaired) electrons. The molecule has 2 N–H and O–H groups in total. The summed E-state index contributed by atoms with van der Waals surface area (Å²) in [4.78, 5) is 8.25. The van der Waals surface area contributed by atoms with Crippen molar-refractivity contribution >= 4 is 0 Å². The van der Waals surface area contributed by atoms with E-state index in [1.807, 2.05) is 25.1 Å². The maximum Gasteiger partial charge on any atom is 0.242 e. The minimum absolute atomic E-state index is 0.314. The lowest BCUT2D eigenvalue weighted by molar-refractivity contribution is 0.451. The first-order valence-corrected chi connectivity index (χ1v) is 5.46. The molecule has 1 heterocycles. The summed E-state index contributed by atoms with van der Waals surface area (Å²) in [6.07, 6.45) is 3.20. The number of aryl methyl sites for hydroxylation is 2. The molecule has 1 aromatic carbocycles. The number of hydrogen-bond donors (Lipinski definition) is 1. The van der Waals surface area contributed by atoms with Crippen LogP contribution in [0.2, 0.25) is 0 Å². The Morgan fingerprint density at radius 2 is 1.88 bits per heavy atom. The molecule has 0 aliphatic carbocycles. The summed E-state index contributed by atoms with van der Waals surface area (Å²) in [6, 6.07) is 5.91. The van der Waals surface area contributed by atoms with E-state index in [-0.39, 0.29) is 0 Å². The Morgan fingerprint density at radius 1 is 1.12 bits per heavy atom. The van der Waals surface area contributed by atoms with Gasteiger partial charge in [0.05, 0.1) is 0 Å². The van der Waals surface area contributed by atoms with Gasteiger partial charge in [0, 0.05) is 18.9 Å². The smallest absolute Gasteiger partial charge is 0.242 e. The molecular formula is C13H15N3O. The van der Waals surface area contributed by atoms with Gasteiger partial charge in [-0.05, 0) is 37.1 Å². The van der Waals surface area contributed by atoms with E-state index in [2.05, 4.69) is 16.9 Å². The van der Waals surface area contributed by atoms with Crippen molar-refractivity contribution in [2.45, 2.75) is 20.4 Å². The van der Waals surface area contributed by atoms with Gasteiger partial charge in [-0.2, -0.15) is 0 Å². The van der Waals surface area contributed by atoms with Crippen LogP contribution in [0.4, 0.5) is 0 Å². The van der Waals surface area contributed by atoms with Gasteiger partial charge in [0.25, 0.3) is 0 Å². The van der Waals surface area contributed by atoms with Crippen molar-refractivity contribution in [2.75, 3.05) is 0 Å². The van der Waals surface area contributed by atoms with Crippen LogP contribution in [0.1, 0.15) is 16.8 Å². The number of benzene rings is 1. The minimum Gasteiger partial charge on any atom is -0.437 e. The molecule has 17 heavy (non-hydrogen) atoms. The molecule has 0 fully saturated rings. The molecule has 0 unspecified atom stereocenters. The molecule has 0 atom stereocenters. The van der Waals surface area contributed by atoms with Crippen LogP contribution in [0, 0.1) is 13.8 Å². The highest BCUT2D eigenvalue weighted by Gasteiger charge is 2.06. The fourth-order valence-electron chi connectivity index (χ4n) is 1.47. The van der Waals surface area contributed by atoms with E-state index in [4.69, 9.17) is 10.5 Å². The molecular weight excluding hydrogens is 214 g/mol. The van der Waals surface area contributed by atoms with E-state index in [1.165, 1.54) is 11.1 Å². The van der Waals surface area contributed by atoms with Crippen molar-refractivity contribution in [3.8, 4) is 11.6 Å². The van der Waals surface area contributed by atoms with E-state index in [9.17, 15) is 0 Å². The predicted octanol–water partition coefficient (Wildman–Crippen LogP) is 2.34. The lowest BCUT2D eigenvalue weighted by atomic mass is 10.1. The van der Waals surface area contributed by atoms with E-state index in [0.29, 0.717) is 18.1 Å². The number of nitrogens with two attached hydrogens (primary N) is 1. The van der Waals surface area contributed by atoms with Gasteiger partial charge in [-0.1, -0.05) is 6.07 Å². The Balaban J connectivity index is 2.28. The monoisotopic (exact) mass is 229 g/mol. The van der Waals surface area contributed by atoms with Gasteiger partial charge in [0.15, 0.2) is 0 Å². The molecule has 88 valence electrons. The Kier molecular flexibility index (Phi) is 3.35. The molecule has 2 rings (SSSR count). The second kappa shape index (κ2) is 4.93. The summed E-state index contributed by atoms with van der Waals surface area (Å²) >= 11 is 0. The van der Waals surface area contributed by atoms with E-state index >= 15 is 0 Å². The van der Waals surface area contributed by atoms with E-state index in [0.717, 1.165) is 5.75 Å². The number of ether oxygens (including phenoxy) is 1. The third kappa shape index (κ3) is 2.60. The maximum absolute atomic E-state index is 5.68. The largest absolute Gasteiger partial charge is 0.437 e. The summed E-state index contributed by atoms with van der Waals surface area (Å²) < 4.78 is 5.68. The normalized spacial score (nSPS) is 10.3. The fourth-order valence-corrected chi connectivity index (χ4v) is 1.47. The van der Waals surface area contributed by atoms with Gasteiger partial charge >= 0.3 is 0 Å². The van der Waals surface area contributed by atoms with Crippen LogP contribution >= 0.6 is 0 Å². The molecule has 0 spiro atoms. The zero-order valence-corrected chi connectivity index (χ0v) is 9.97. The van der Waals surface area contributed by atoms with Crippen LogP contribution in [0.25, 0.3) is 0 Å². The number of nitrogens with zero attached hydrogens (tertiary/aromatic N) is 2. The predicted molar refractivity (Wildman–Crippen MR) is 65.9 cm³/mol. The lowest BCUT2D eigenvalue weighted by Crippen LogP contribution is -2.03. The second-order valence-corrected chi connectivity index (χ2v) is 3.86. The van der Waals surface area contributed by atoms with Crippen molar-refractivity contribution in [3.63, 3.8) is 0 Å².